The number of carbonyl (C=O) groups is 3. The van der Waals surface area contributed by atoms with Crippen molar-refractivity contribution in [2.24, 2.45) is 12.5 Å². The second-order valence-corrected chi connectivity index (χ2v) is 7.61. The summed E-state index contributed by atoms with van der Waals surface area (Å²) in [5.74, 6) is -1.20. The van der Waals surface area contributed by atoms with Crippen LogP contribution in [0.1, 0.15) is 18.5 Å². The van der Waals surface area contributed by atoms with Crippen molar-refractivity contribution < 1.29 is 14.4 Å². The zero-order chi connectivity index (χ0) is 24.1. The van der Waals surface area contributed by atoms with Gasteiger partial charge in [0.05, 0.1) is 11.4 Å². The van der Waals surface area contributed by atoms with Crippen molar-refractivity contribution in [3.05, 3.63) is 71.7 Å². The number of rotatable bonds is 6. The summed E-state index contributed by atoms with van der Waals surface area (Å²) in [6.07, 6.45) is 3.28. The highest BCUT2D eigenvalue weighted by Crippen LogP contribution is 2.30. The number of imide groups is 2. The fourth-order valence-corrected chi connectivity index (χ4v) is 3.60. The summed E-state index contributed by atoms with van der Waals surface area (Å²) in [4.78, 5) is 48.3. The van der Waals surface area contributed by atoms with Crippen molar-refractivity contribution in [3.63, 3.8) is 0 Å². The van der Waals surface area contributed by atoms with Crippen LogP contribution in [0.15, 0.2) is 60.4 Å². The zero-order valence-corrected chi connectivity index (χ0v) is 18.8. The predicted octanol–water partition coefficient (Wildman–Crippen LogP) is 2.04. The average molecular weight is 440 g/mol. The van der Waals surface area contributed by atoms with E-state index in [0.717, 1.165) is 17.1 Å². The number of barbiturate groups is 1. The summed E-state index contributed by atoms with van der Waals surface area (Å²) in [6.45, 7) is 8.94. The van der Waals surface area contributed by atoms with Crippen LogP contribution >= 0.6 is 0 Å². The Morgan fingerprint density at radius 3 is 1.88 bits per heavy atom. The topological polar surface area (TPSA) is 105 Å². The van der Waals surface area contributed by atoms with Crippen LogP contribution in [0.4, 0.5) is 10.5 Å². The Bertz CT molecular complexity index is 1060. The number of benzene rings is 1. The van der Waals surface area contributed by atoms with E-state index in [0.29, 0.717) is 0 Å². The van der Waals surface area contributed by atoms with Gasteiger partial charge in [0.15, 0.2) is 0 Å². The second-order valence-electron chi connectivity index (χ2n) is 7.61. The lowest BCUT2D eigenvalue weighted by Crippen LogP contribution is -2.62. The minimum Gasteiger partial charge on any atom is -0.372 e. The molecular formula is C23H29N5O4. The molecule has 0 saturated carbocycles. The Morgan fingerprint density at radius 1 is 0.969 bits per heavy atom. The maximum atomic E-state index is 12.4. The number of nitrogens with one attached hydrogen (secondary N) is 2. The van der Waals surface area contributed by atoms with Gasteiger partial charge in [0, 0.05) is 21.1 Å². The Hall–Kier alpha value is -3.88. The number of aromatic nitrogens is 2. The number of urea groups is 1. The van der Waals surface area contributed by atoms with E-state index in [9.17, 15) is 19.2 Å². The van der Waals surface area contributed by atoms with E-state index in [1.807, 2.05) is 68.0 Å². The first-order valence-corrected chi connectivity index (χ1v) is 10.0. The molecule has 2 aromatic rings. The van der Waals surface area contributed by atoms with E-state index in [-0.39, 0.29) is 18.4 Å². The van der Waals surface area contributed by atoms with Crippen LogP contribution in [-0.2, 0) is 16.6 Å². The number of allylic oxidation sites excluding steroid dienone is 2. The maximum Gasteiger partial charge on any atom is 0.328 e. The number of para-hydroxylation sites is 1. The highest BCUT2D eigenvalue weighted by atomic mass is 16.2. The van der Waals surface area contributed by atoms with Crippen LogP contribution in [0.3, 0.4) is 0 Å². The van der Waals surface area contributed by atoms with Crippen molar-refractivity contribution in [2.45, 2.75) is 19.8 Å². The Kier molecular flexibility index (Phi) is 7.58. The summed E-state index contributed by atoms with van der Waals surface area (Å²) >= 11 is 0. The second kappa shape index (κ2) is 9.95. The van der Waals surface area contributed by atoms with Gasteiger partial charge in [0.1, 0.15) is 11.1 Å². The maximum absolute atomic E-state index is 12.4. The Labute approximate surface area is 187 Å². The first kappa shape index (κ1) is 24.4. The Balaban J connectivity index is 0.000000229. The fraction of sp³-hybridized carbons (Fsp3) is 0.304. The van der Waals surface area contributed by atoms with Crippen molar-refractivity contribution >= 4 is 23.5 Å². The molecule has 3 rings (SSSR count). The molecule has 9 nitrogen and oxygen atoms in total. The van der Waals surface area contributed by atoms with Crippen LogP contribution in [0.25, 0.3) is 5.69 Å². The summed E-state index contributed by atoms with van der Waals surface area (Å²) in [5, 5.41) is 4.13. The molecule has 9 heteroatoms. The van der Waals surface area contributed by atoms with E-state index >= 15 is 0 Å². The van der Waals surface area contributed by atoms with Crippen LogP contribution in [-0.4, -0.2) is 41.3 Å². The zero-order valence-electron chi connectivity index (χ0n) is 18.8. The molecule has 0 aliphatic carbocycles. The molecule has 1 aromatic heterocycles. The van der Waals surface area contributed by atoms with Crippen LogP contribution in [0, 0.1) is 12.3 Å². The van der Waals surface area contributed by atoms with Crippen molar-refractivity contribution in [1.82, 2.24) is 20.0 Å². The quantitative estimate of drug-likeness (QED) is 0.529. The molecule has 1 saturated heterocycles. The SMILES string of the molecule is C=CCC1(CC=C)C(=O)NC(=O)NC1=O.Cc1c(N(C)C)c(=O)n(-c2ccccc2)n1C. The van der Waals surface area contributed by atoms with Crippen molar-refractivity contribution in [1.29, 1.82) is 0 Å². The lowest BCUT2D eigenvalue weighted by molar-refractivity contribution is -0.144. The molecule has 0 unspecified atom stereocenters. The monoisotopic (exact) mass is 439 g/mol. The highest BCUT2D eigenvalue weighted by molar-refractivity contribution is 6.19. The van der Waals surface area contributed by atoms with Crippen molar-refractivity contribution in [3.8, 4) is 5.69 Å². The molecule has 1 fully saturated rings. The van der Waals surface area contributed by atoms with Gasteiger partial charge in [0.2, 0.25) is 11.8 Å². The van der Waals surface area contributed by atoms with Crippen LogP contribution in [0.2, 0.25) is 0 Å². The number of anilines is 1. The Morgan fingerprint density at radius 2 is 1.47 bits per heavy atom. The fourth-order valence-electron chi connectivity index (χ4n) is 3.60. The number of carbonyl (C=O) groups excluding carboxylic acids is 3. The predicted molar refractivity (Wildman–Crippen MR) is 124 cm³/mol. The molecule has 0 bridgehead atoms. The number of nitrogens with zero attached hydrogens (tertiary/aromatic N) is 3. The third kappa shape index (κ3) is 4.56. The minimum atomic E-state index is -1.28. The molecular weight excluding hydrogens is 410 g/mol. The van der Waals surface area contributed by atoms with Gasteiger partial charge in [-0.2, -0.15) is 0 Å². The number of hydrogen-bond acceptors (Lipinski definition) is 5. The van der Waals surface area contributed by atoms with Gasteiger partial charge < -0.3 is 4.90 Å². The summed E-state index contributed by atoms with van der Waals surface area (Å²) in [6, 6.07) is 8.88. The smallest absolute Gasteiger partial charge is 0.328 e. The van der Waals surface area contributed by atoms with E-state index in [2.05, 4.69) is 23.8 Å². The number of amides is 4. The van der Waals surface area contributed by atoms with Gasteiger partial charge in [-0.05, 0) is 31.9 Å². The lowest BCUT2D eigenvalue weighted by atomic mass is 9.78. The van der Waals surface area contributed by atoms with E-state index < -0.39 is 23.3 Å². The van der Waals surface area contributed by atoms with E-state index in [1.165, 1.54) is 12.2 Å². The van der Waals surface area contributed by atoms with Crippen LogP contribution < -0.4 is 21.1 Å². The third-order valence-electron chi connectivity index (χ3n) is 5.28. The standard InChI is InChI=1S/C13H17N3O.C10H12N2O3/c1-10-12(14(2)3)13(17)16(15(10)4)11-8-6-5-7-9-11;1-3-5-10(6-4-2)7(13)11-9(15)12-8(10)14/h5-9H,1-4H3;3-4H,1-2,5-6H2,(H2,11,12,13,14,15). The molecule has 1 aromatic carbocycles. The molecule has 32 heavy (non-hydrogen) atoms. The molecule has 1 aliphatic heterocycles. The van der Waals surface area contributed by atoms with E-state index in [1.54, 1.807) is 4.68 Å². The first-order chi connectivity index (χ1) is 15.1. The lowest BCUT2D eigenvalue weighted by Gasteiger charge is -2.32. The third-order valence-corrected chi connectivity index (χ3v) is 5.28. The van der Waals surface area contributed by atoms with Crippen molar-refractivity contribution in [2.75, 3.05) is 19.0 Å². The van der Waals surface area contributed by atoms with Gasteiger partial charge in [-0.15, -0.1) is 13.2 Å². The molecule has 0 spiro atoms. The highest BCUT2D eigenvalue weighted by Gasteiger charge is 2.48. The van der Waals surface area contributed by atoms with E-state index in [4.69, 9.17) is 0 Å². The molecule has 1 aliphatic rings. The molecule has 0 atom stereocenters. The van der Waals surface area contributed by atoms with Crippen LogP contribution in [0.5, 0.6) is 0 Å². The molecule has 0 radical (unpaired) electrons. The first-order valence-electron chi connectivity index (χ1n) is 10.0. The summed E-state index contributed by atoms with van der Waals surface area (Å²) in [5.41, 5.74) is 1.31. The molecule has 2 heterocycles. The minimum absolute atomic E-state index is 0.0150. The van der Waals surface area contributed by atoms with Gasteiger partial charge in [-0.3, -0.25) is 29.7 Å². The largest absolute Gasteiger partial charge is 0.372 e. The normalized spacial score (nSPS) is 14.6. The van der Waals surface area contributed by atoms with Gasteiger partial charge in [0.25, 0.3) is 5.56 Å². The molecule has 170 valence electrons. The van der Waals surface area contributed by atoms with Gasteiger partial charge >= 0.3 is 6.03 Å². The summed E-state index contributed by atoms with van der Waals surface area (Å²) < 4.78 is 3.57. The average Bonchev–Trinajstić information content (AvgIpc) is 2.96. The molecule has 4 amide bonds. The summed E-state index contributed by atoms with van der Waals surface area (Å²) in [7, 11) is 5.68. The van der Waals surface area contributed by atoms with Gasteiger partial charge in [-0.1, -0.05) is 30.4 Å². The molecule has 2 N–H and O–H groups in total. The van der Waals surface area contributed by atoms with Gasteiger partial charge in [-0.25, -0.2) is 9.48 Å². The number of hydrogen-bond donors (Lipinski definition) is 2.